The van der Waals surface area contributed by atoms with Gasteiger partial charge in [-0.15, -0.1) is 0 Å². The second kappa shape index (κ2) is 14.1. The Labute approximate surface area is 311 Å². The van der Waals surface area contributed by atoms with Gasteiger partial charge >= 0.3 is 290 Å². The molecule has 6 rings (SSSR count). The second-order valence-electron chi connectivity index (χ2n) is 13.7. The standard InChI is InChI=1S/C21H25.C13H8I2.C5H5.2ClH.Zr/c1-20(2,3)16-9-7-14-11-15-8-10-17(21(4,5)6)13-19(15)18(14)12-16;14-12-5-1-10(2-6-12)9-11-3-7-13(15)8-4-11;1-2-4-5-3-1;;;/h7,9-10,12-13H,11H2,1-6H3;1-8H;1-5H;2*1H;/q;;;;;+2/p-2. The average Bonchev–Trinajstić information content (AvgIpc) is 3.60. The first kappa shape index (κ1) is 36.0. The molecule has 0 bridgehead atoms. The Bertz CT molecular complexity index is 1710. The van der Waals surface area contributed by atoms with E-state index in [4.69, 9.17) is 0 Å². The first-order valence-electron chi connectivity index (χ1n) is 14.8. The van der Waals surface area contributed by atoms with Gasteiger partial charge < -0.3 is 24.8 Å². The molecule has 0 fully saturated rings. The molecule has 0 nitrogen and oxygen atoms in total. The normalized spacial score (nSPS) is 13.4. The van der Waals surface area contributed by atoms with Gasteiger partial charge in [-0.2, -0.15) is 0 Å². The quantitative estimate of drug-likeness (QED) is 0.234. The molecular weight excluding hydrogens is 884 g/mol. The van der Waals surface area contributed by atoms with Gasteiger partial charge in [-0.3, -0.25) is 0 Å². The molecule has 0 aromatic heterocycles. The number of benzene rings is 4. The first-order valence-corrected chi connectivity index (χ1v) is 20.9. The Morgan fingerprint density at radius 2 is 1.14 bits per heavy atom. The van der Waals surface area contributed by atoms with Crippen LogP contribution in [0, 0.1) is 7.14 Å². The summed E-state index contributed by atoms with van der Waals surface area (Å²) in [5.74, 6) is 0. The summed E-state index contributed by atoms with van der Waals surface area (Å²) in [5, 5.41) is 0. The van der Waals surface area contributed by atoms with Crippen molar-refractivity contribution in [3.63, 3.8) is 0 Å². The first-order chi connectivity index (χ1) is 19.9. The number of fused-ring (bicyclic) bond motifs is 3. The van der Waals surface area contributed by atoms with E-state index in [9.17, 15) is 0 Å². The van der Waals surface area contributed by atoms with Crippen LogP contribution >= 0.6 is 45.2 Å². The van der Waals surface area contributed by atoms with Gasteiger partial charge in [-0.1, -0.05) is 0 Å². The molecule has 0 amide bonds. The molecule has 5 heteroatoms. The molecule has 4 aromatic rings. The fraction of sp³-hybridized carbons (Fsp3) is 0.256. The molecule has 2 aliphatic carbocycles. The number of halogens is 4. The molecule has 0 radical (unpaired) electrons. The summed E-state index contributed by atoms with van der Waals surface area (Å²) < 4.78 is 6.32. The maximum absolute atomic E-state index is 2.67. The van der Waals surface area contributed by atoms with Crippen LogP contribution in [0.3, 0.4) is 0 Å². The zero-order chi connectivity index (χ0) is 29.8. The maximum atomic E-state index is 2.64. The molecule has 0 saturated carbocycles. The second-order valence-corrected chi connectivity index (χ2v) is 22.4. The van der Waals surface area contributed by atoms with Crippen LogP contribution in [0.2, 0.25) is 3.63 Å². The third-order valence-electron chi connectivity index (χ3n) is 8.66. The summed E-state index contributed by atoms with van der Waals surface area (Å²) in [6, 6.07) is 31.1. The number of hydrogen-bond acceptors (Lipinski definition) is 0. The molecule has 0 spiro atoms. The summed E-state index contributed by atoms with van der Waals surface area (Å²) >= 11 is 2.20. The van der Waals surface area contributed by atoms with E-state index in [1.54, 1.807) is 12.0 Å². The predicted octanol–water partition coefficient (Wildman–Crippen LogP) is 4.50. The fourth-order valence-corrected chi connectivity index (χ4v) is 15.3. The summed E-state index contributed by atoms with van der Waals surface area (Å²) in [4.78, 5) is 0. The van der Waals surface area contributed by atoms with Gasteiger partial charge in [0.2, 0.25) is 0 Å². The average molecular weight is 923 g/mol. The van der Waals surface area contributed by atoms with E-state index in [0.717, 1.165) is 6.42 Å². The fourth-order valence-electron chi connectivity index (χ4n) is 6.23. The molecule has 0 heterocycles. The number of rotatable bonds is 4. The van der Waals surface area contributed by atoms with E-state index in [0.29, 0.717) is 3.63 Å². The Balaban J connectivity index is 0.00000221. The van der Waals surface area contributed by atoms with Crippen LogP contribution in [-0.2, 0) is 38.5 Å². The van der Waals surface area contributed by atoms with Crippen molar-refractivity contribution in [3.8, 4) is 11.1 Å². The monoisotopic (exact) mass is 920 g/mol. The molecule has 0 aliphatic heterocycles. The van der Waals surface area contributed by atoms with Crippen molar-refractivity contribution in [2.75, 3.05) is 0 Å². The largest absolute Gasteiger partial charge is 1.00 e. The zero-order valence-electron chi connectivity index (χ0n) is 26.1. The minimum atomic E-state index is -2.67. The van der Waals surface area contributed by atoms with Gasteiger partial charge in [0.1, 0.15) is 0 Å². The van der Waals surface area contributed by atoms with Gasteiger partial charge in [0.05, 0.1) is 0 Å². The molecule has 0 N–H and O–H groups in total. The van der Waals surface area contributed by atoms with Gasteiger partial charge in [-0.25, -0.2) is 0 Å². The Morgan fingerprint density at radius 3 is 1.64 bits per heavy atom. The van der Waals surface area contributed by atoms with E-state index < -0.39 is 21.3 Å². The van der Waals surface area contributed by atoms with E-state index >= 15 is 0 Å². The van der Waals surface area contributed by atoms with E-state index in [1.165, 1.54) is 46.1 Å². The van der Waals surface area contributed by atoms with Crippen molar-refractivity contribution in [1.29, 1.82) is 0 Å². The minimum Gasteiger partial charge on any atom is -1.00 e. The van der Waals surface area contributed by atoms with Crippen LogP contribution in [0.1, 0.15) is 74.9 Å². The summed E-state index contributed by atoms with van der Waals surface area (Å²) in [6.45, 7) is 14.1. The van der Waals surface area contributed by atoms with E-state index in [1.807, 2.05) is 0 Å². The van der Waals surface area contributed by atoms with Crippen LogP contribution in [0.4, 0.5) is 0 Å². The number of hydrogen-bond donors (Lipinski definition) is 0. The van der Waals surface area contributed by atoms with Crippen LogP contribution in [0.25, 0.3) is 11.1 Å². The van der Waals surface area contributed by atoms with Crippen LogP contribution in [-0.4, -0.2) is 3.21 Å². The SMILES string of the molecule is CC(C)(C)c1ccc2c(c1)-c1cc(C(C)(C)C)c[c]([Zr+2](=[C](c3ccc(I)cc3)c3ccc(I)cc3)[CH]3C=CC=C3)c1C2.[Cl-].[Cl-]. The molecular formula is C39H38Cl2I2Zr. The Kier molecular flexibility index (Phi) is 11.5. The van der Waals surface area contributed by atoms with E-state index in [-0.39, 0.29) is 35.6 Å². The van der Waals surface area contributed by atoms with E-state index in [2.05, 4.69) is 190 Å². The van der Waals surface area contributed by atoms with Gasteiger partial charge in [0.25, 0.3) is 0 Å². The summed E-state index contributed by atoms with van der Waals surface area (Å²) in [6.07, 6.45) is 10.6. The molecule has 0 atom stereocenters. The summed E-state index contributed by atoms with van der Waals surface area (Å²) in [7, 11) is 0. The Hall–Kier alpha value is -0.847. The molecule has 0 unspecified atom stereocenters. The minimum absolute atomic E-state index is 0. The molecule has 4 aromatic carbocycles. The van der Waals surface area contributed by atoms with Crippen LogP contribution in [0.5, 0.6) is 0 Å². The zero-order valence-corrected chi connectivity index (χ0v) is 34.4. The summed E-state index contributed by atoms with van der Waals surface area (Å²) in [5.41, 5.74) is 11.8. The topological polar surface area (TPSA) is 0 Å². The van der Waals surface area contributed by atoms with Crippen molar-refractivity contribution >= 4 is 51.7 Å². The third-order valence-corrected chi connectivity index (χ3v) is 17.9. The van der Waals surface area contributed by atoms with Crippen molar-refractivity contribution in [3.05, 3.63) is 144 Å². The molecule has 0 saturated heterocycles. The van der Waals surface area contributed by atoms with Gasteiger partial charge in [0.15, 0.2) is 0 Å². The van der Waals surface area contributed by atoms with Gasteiger partial charge in [0, 0.05) is 0 Å². The van der Waals surface area contributed by atoms with Crippen LogP contribution < -0.4 is 28.1 Å². The van der Waals surface area contributed by atoms with Crippen LogP contribution in [0.15, 0.2) is 103 Å². The molecule has 44 heavy (non-hydrogen) atoms. The number of allylic oxidation sites excluding steroid dienone is 4. The van der Waals surface area contributed by atoms with Crippen molar-refractivity contribution in [1.82, 2.24) is 0 Å². The van der Waals surface area contributed by atoms with Crippen molar-refractivity contribution < 1.29 is 46.1 Å². The Morgan fingerprint density at radius 1 is 0.636 bits per heavy atom. The molecule has 226 valence electrons. The van der Waals surface area contributed by atoms with Gasteiger partial charge in [-0.05, 0) is 0 Å². The predicted molar refractivity (Wildman–Crippen MR) is 195 cm³/mol. The smallest absolute Gasteiger partial charge is 1.00 e. The maximum Gasteiger partial charge on any atom is -1.00 e. The van der Waals surface area contributed by atoms with Crippen molar-refractivity contribution in [2.24, 2.45) is 0 Å². The third kappa shape index (κ3) is 7.33. The van der Waals surface area contributed by atoms with Crippen molar-refractivity contribution in [2.45, 2.75) is 62.4 Å². The molecule has 2 aliphatic rings.